The number of ether oxygens (including phenoxy) is 1. The number of likely N-dealkylation sites (tertiary alicyclic amines) is 1. The molecule has 126 valence electrons. The van der Waals surface area contributed by atoms with Crippen LogP contribution in [-0.4, -0.2) is 53.9 Å². The molecule has 0 aromatic rings. The monoisotopic (exact) mass is 323 g/mol. The topological polar surface area (TPSA) is 66.8 Å². The van der Waals surface area contributed by atoms with Gasteiger partial charge in [-0.15, -0.1) is 0 Å². The Bertz CT molecular complexity index is 434. The Morgan fingerprint density at radius 3 is 2.55 bits per heavy atom. The molecule has 2 aliphatic heterocycles. The molecule has 0 aliphatic carbocycles. The lowest BCUT2D eigenvalue weighted by Crippen LogP contribution is -2.47. The van der Waals surface area contributed by atoms with E-state index in [9.17, 15) is 22.8 Å². The average Bonchev–Trinajstić information content (AvgIpc) is 2.92. The van der Waals surface area contributed by atoms with Crippen molar-refractivity contribution in [1.82, 2.24) is 4.90 Å². The van der Waals surface area contributed by atoms with Gasteiger partial charge in [-0.3, -0.25) is 9.59 Å². The molecule has 22 heavy (non-hydrogen) atoms. The zero-order valence-corrected chi connectivity index (χ0v) is 12.2. The predicted octanol–water partition coefficient (Wildman–Crippen LogP) is 2.20. The van der Waals surface area contributed by atoms with E-state index in [2.05, 4.69) is 0 Å². The van der Waals surface area contributed by atoms with Crippen molar-refractivity contribution >= 4 is 11.9 Å². The van der Waals surface area contributed by atoms with Gasteiger partial charge < -0.3 is 14.7 Å². The fraction of sp³-hybridized carbons (Fsp3) is 0.857. The Hall–Kier alpha value is -1.31. The number of aliphatic carboxylic acids is 1. The van der Waals surface area contributed by atoms with Crippen LogP contribution < -0.4 is 0 Å². The molecule has 1 amide bonds. The van der Waals surface area contributed by atoms with Gasteiger partial charge in [0.2, 0.25) is 5.91 Å². The number of halogens is 3. The molecular formula is C14H20F3NO4. The van der Waals surface area contributed by atoms with Crippen LogP contribution in [0.2, 0.25) is 0 Å². The summed E-state index contributed by atoms with van der Waals surface area (Å²) in [5.74, 6) is -2.34. The van der Waals surface area contributed by atoms with Crippen molar-refractivity contribution in [2.75, 3.05) is 19.7 Å². The third-order valence-electron chi connectivity index (χ3n) is 4.53. The molecule has 2 unspecified atom stereocenters. The van der Waals surface area contributed by atoms with Crippen molar-refractivity contribution < 1.29 is 32.6 Å². The summed E-state index contributed by atoms with van der Waals surface area (Å²) in [5.41, 5.74) is -2.83. The highest BCUT2D eigenvalue weighted by molar-refractivity contribution is 5.81. The maximum Gasteiger partial charge on any atom is 0.406 e. The molecule has 0 saturated carbocycles. The summed E-state index contributed by atoms with van der Waals surface area (Å²) in [6.45, 7) is -0.314. The van der Waals surface area contributed by atoms with Gasteiger partial charge in [0.25, 0.3) is 0 Å². The second kappa shape index (κ2) is 6.44. The predicted molar refractivity (Wildman–Crippen MR) is 70.1 cm³/mol. The molecule has 2 atom stereocenters. The third kappa shape index (κ3) is 3.37. The normalized spacial score (nSPS) is 29.6. The Morgan fingerprint density at radius 2 is 2.05 bits per heavy atom. The van der Waals surface area contributed by atoms with E-state index in [1.165, 1.54) is 0 Å². The lowest BCUT2D eigenvalue weighted by molar-refractivity contribution is -0.227. The van der Waals surface area contributed by atoms with E-state index in [4.69, 9.17) is 9.84 Å². The highest BCUT2D eigenvalue weighted by atomic mass is 19.4. The first-order valence-corrected chi connectivity index (χ1v) is 7.46. The van der Waals surface area contributed by atoms with Gasteiger partial charge in [0.15, 0.2) is 5.41 Å². The number of amides is 1. The van der Waals surface area contributed by atoms with Crippen LogP contribution in [0, 0.1) is 5.41 Å². The average molecular weight is 323 g/mol. The lowest BCUT2D eigenvalue weighted by atomic mass is 9.86. The molecule has 0 aromatic heterocycles. The summed E-state index contributed by atoms with van der Waals surface area (Å²) >= 11 is 0. The Labute approximate surface area is 126 Å². The van der Waals surface area contributed by atoms with Crippen molar-refractivity contribution in [2.45, 2.75) is 50.8 Å². The van der Waals surface area contributed by atoms with E-state index in [-0.39, 0.29) is 19.1 Å². The number of rotatable bonds is 4. The molecule has 2 saturated heterocycles. The number of alkyl halides is 3. The summed E-state index contributed by atoms with van der Waals surface area (Å²) in [5, 5.41) is 8.95. The molecule has 5 nitrogen and oxygen atoms in total. The van der Waals surface area contributed by atoms with Gasteiger partial charge in [-0.25, -0.2) is 0 Å². The highest BCUT2D eigenvalue weighted by Gasteiger charge is 2.64. The number of carbonyl (C=O) groups excluding carboxylic acids is 1. The summed E-state index contributed by atoms with van der Waals surface area (Å²) in [4.78, 5) is 24.1. The van der Waals surface area contributed by atoms with Gasteiger partial charge in [-0.05, 0) is 32.1 Å². The summed E-state index contributed by atoms with van der Waals surface area (Å²) < 4.78 is 44.6. The van der Waals surface area contributed by atoms with Crippen molar-refractivity contribution in [3.8, 4) is 0 Å². The van der Waals surface area contributed by atoms with Gasteiger partial charge in [0.1, 0.15) is 0 Å². The SMILES string of the molecule is O=C(CCC1CCCCO1)N1CCC(C(=O)O)(C(F)(F)F)C1. The van der Waals surface area contributed by atoms with Crippen molar-refractivity contribution in [3.63, 3.8) is 0 Å². The fourth-order valence-corrected chi connectivity index (χ4v) is 3.03. The van der Waals surface area contributed by atoms with E-state index in [1.54, 1.807) is 0 Å². The standard InChI is InChI=1S/C14H20F3NO4/c15-14(16,17)13(12(20)21)6-7-18(9-13)11(19)5-4-10-3-1-2-8-22-10/h10H,1-9H2,(H,20,21). The summed E-state index contributed by atoms with van der Waals surface area (Å²) in [7, 11) is 0. The van der Waals surface area contributed by atoms with Gasteiger partial charge in [-0.1, -0.05) is 0 Å². The fourth-order valence-electron chi connectivity index (χ4n) is 3.03. The van der Waals surface area contributed by atoms with Crippen LogP contribution >= 0.6 is 0 Å². The van der Waals surface area contributed by atoms with Gasteiger partial charge in [0, 0.05) is 26.1 Å². The number of nitrogens with zero attached hydrogens (tertiary/aromatic N) is 1. The summed E-state index contributed by atoms with van der Waals surface area (Å²) in [6, 6.07) is 0. The minimum absolute atomic E-state index is 0.0212. The maximum atomic E-state index is 13.0. The van der Waals surface area contributed by atoms with Gasteiger partial charge >= 0.3 is 12.1 Å². The molecular weight excluding hydrogens is 303 g/mol. The van der Waals surface area contributed by atoms with Crippen LogP contribution in [0.1, 0.15) is 38.5 Å². The van der Waals surface area contributed by atoms with Crippen molar-refractivity contribution in [3.05, 3.63) is 0 Å². The number of carbonyl (C=O) groups is 2. The zero-order chi connectivity index (χ0) is 16.4. The Balaban J connectivity index is 1.91. The number of hydrogen-bond acceptors (Lipinski definition) is 3. The molecule has 2 heterocycles. The molecule has 0 aromatic carbocycles. The number of carboxylic acids is 1. The number of carboxylic acid groups (broad SMARTS) is 1. The molecule has 0 bridgehead atoms. The van der Waals surface area contributed by atoms with E-state index in [0.29, 0.717) is 13.0 Å². The second-order valence-corrected chi connectivity index (χ2v) is 5.98. The molecule has 0 spiro atoms. The van der Waals surface area contributed by atoms with Crippen LogP contribution in [0.5, 0.6) is 0 Å². The maximum absolute atomic E-state index is 13.0. The first-order valence-electron chi connectivity index (χ1n) is 7.46. The van der Waals surface area contributed by atoms with E-state index >= 15 is 0 Å². The first kappa shape index (κ1) is 17.1. The Morgan fingerprint density at radius 1 is 1.32 bits per heavy atom. The highest BCUT2D eigenvalue weighted by Crippen LogP contribution is 2.45. The van der Waals surface area contributed by atoms with Crippen LogP contribution in [0.25, 0.3) is 0 Å². The minimum Gasteiger partial charge on any atom is -0.481 e. The van der Waals surface area contributed by atoms with Gasteiger partial charge in [0.05, 0.1) is 6.10 Å². The Kier molecular flexibility index (Phi) is 4.99. The molecule has 2 fully saturated rings. The van der Waals surface area contributed by atoms with Crippen LogP contribution in [0.3, 0.4) is 0 Å². The van der Waals surface area contributed by atoms with E-state index in [0.717, 1.165) is 24.2 Å². The summed E-state index contributed by atoms with van der Waals surface area (Å²) in [6.07, 6.45) is -2.03. The van der Waals surface area contributed by atoms with E-state index in [1.807, 2.05) is 0 Å². The third-order valence-corrected chi connectivity index (χ3v) is 4.53. The molecule has 8 heteroatoms. The quantitative estimate of drug-likeness (QED) is 0.861. The molecule has 0 radical (unpaired) electrons. The van der Waals surface area contributed by atoms with Crippen molar-refractivity contribution in [1.29, 1.82) is 0 Å². The minimum atomic E-state index is -4.86. The van der Waals surface area contributed by atoms with E-state index < -0.39 is 36.4 Å². The van der Waals surface area contributed by atoms with Gasteiger partial charge in [-0.2, -0.15) is 13.2 Å². The largest absolute Gasteiger partial charge is 0.481 e. The second-order valence-electron chi connectivity index (χ2n) is 5.98. The molecule has 1 N–H and O–H groups in total. The smallest absolute Gasteiger partial charge is 0.406 e. The van der Waals surface area contributed by atoms with Crippen LogP contribution in [-0.2, 0) is 14.3 Å². The molecule has 2 rings (SSSR count). The van der Waals surface area contributed by atoms with Crippen LogP contribution in [0.4, 0.5) is 13.2 Å². The zero-order valence-electron chi connectivity index (χ0n) is 12.2. The number of hydrogen-bond donors (Lipinski definition) is 1. The van der Waals surface area contributed by atoms with Crippen molar-refractivity contribution in [2.24, 2.45) is 5.41 Å². The lowest BCUT2D eigenvalue weighted by Gasteiger charge is -2.27. The first-order chi connectivity index (χ1) is 10.3. The van der Waals surface area contributed by atoms with Crippen LogP contribution in [0.15, 0.2) is 0 Å². The molecule has 2 aliphatic rings.